The fraction of sp³-hybridized carbons (Fsp3) is 0.364. The van der Waals surface area contributed by atoms with Gasteiger partial charge in [-0.25, -0.2) is 4.79 Å². The van der Waals surface area contributed by atoms with E-state index in [9.17, 15) is 18.0 Å². The van der Waals surface area contributed by atoms with Gasteiger partial charge < -0.3 is 20.8 Å². The van der Waals surface area contributed by atoms with Crippen LogP contribution in [0.1, 0.15) is 10.4 Å². The lowest BCUT2D eigenvalue weighted by molar-refractivity contribution is -0.119. The third kappa shape index (κ3) is 4.32. The number of carboxylic acids is 1. The molecule has 0 unspecified atom stereocenters. The fourth-order valence-corrected chi connectivity index (χ4v) is 1.58. The zero-order chi connectivity index (χ0) is 14.6. The van der Waals surface area contributed by atoms with Gasteiger partial charge in [-0.15, -0.1) is 0 Å². The molecule has 0 atom stereocenters. The molecule has 0 radical (unpaired) electrons. The van der Waals surface area contributed by atoms with Crippen molar-refractivity contribution < 1.29 is 28.2 Å². The SMILES string of the molecule is Nc1cc(N(CCO)CC(F)(F)F)ccc1C(=O)O. The van der Waals surface area contributed by atoms with Gasteiger partial charge in [-0.2, -0.15) is 13.2 Å². The van der Waals surface area contributed by atoms with Crippen molar-refractivity contribution in [2.24, 2.45) is 0 Å². The van der Waals surface area contributed by atoms with Gasteiger partial charge in [0.05, 0.1) is 12.2 Å². The maximum atomic E-state index is 12.4. The van der Waals surface area contributed by atoms with Gasteiger partial charge in [0.1, 0.15) is 6.54 Å². The summed E-state index contributed by atoms with van der Waals surface area (Å²) >= 11 is 0. The highest BCUT2D eigenvalue weighted by Gasteiger charge is 2.31. The molecule has 106 valence electrons. The summed E-state index contributed by atoms with van der Waals surface area (Å²) in [7, 11) is 0. The van der Waals surface area contributed by atoms with E-state index in [0.717, 1.165) is 17.0 Å². The molecule has 0 aromatic heterocycles. The summed E-state index contributed by atoms with van der Waals surface area (Å²) in [6, 6.07) is 3.50. The van der Waals surface area contributed by atoms with Crippen LogP contribution in [0.25, 0.3) is 0 Å². The molecule has 0 fully saturated rings. The normalized spacial score (nSPS) is 11.4. The van der Waals surface area contributed by atoms with Crippen LogP contribution >= 0.6 is 0 Å². The van der Waals surface area contributed by atoms with Crippen molar-refractivity contribution in [1.29, 1.82) is 0 Å². The summed E-state index contributed by atoms with van der Waals surface area (Å²) in [4.78, 5) is 11.6. The second-order valence-corrected chi connectivity index (χ2v) is 3.84. The molecular formula is C11H13F3N2O3. The monoisotopic (exact) mass is 278 g/mol. The van der Waals surface area contributed by atoms with Gasteiger partial charge in [0.2, 0.25) is 0 Å². The second kappa shape index (κ2) is 5.79. The second-order valence-electron chi connectivity index (χ2n) is 3.84. The number of anilines is 2. The van der Waals surface area contributed by atoms with Crippen molar-refractivity contribution in [1.82, 2.24) is 0 Å². The highest BCUT2D eigenvalue weighted by atomic mass is 19.4. The molecule has 0 aliphatic carbocycles. The lowest BCUT2D eigenvalue weighted by Gasteiger charge is -2.25. The van der Waals surface area contributed by atoms with Crippen LogP contribution in [0.2, 0.25) is 0 Å². The van der Waals surface area contributed by atoms with Crippen LogP contribution in [-0.4, -0.2) is 42.1 Å². The summed E-state index contributed by atoms with van der Waals surface area (Å²) in [5.74, 6) is -1.26. The Balaban J connectivity index is 3.03. The number of aliphatic hydroxyl groups is 1. The Hall–Kier alpha value is -1.96. The van der Waals surface area contributed by atoms with E-state index < -0.39 is 25.3 Å². The van der Waals surface area contributed by atoms with Crippen LogP contribution in [0, 0.1) is 0 Å². The highest BCUT2D eigenvalue weighted by Crippen LogP contribution is 2.25. The first-order valence-electron chi connectivity index (χ1n) is 5.30. The summed E-state index contributed by atoms with van der Waals surface area (Å²) in [5.41, 5.74) is 5.26. The van der Waals surface area contributed by atoms with Crippen molar-refractivity contribution in [3.05, 3.63) is 23.8 Å². The molecule has 1 rings (SSSR count). The average molecular weight is 278 g/mol. The number of aliphatic hydroxyl groups excluding tert-OH is 1. The standard InChI is InChI=1S/C11H13F3N2O3/c12-11(13,14)6-16(3-4-17)7-1-2-8(10(18)19)9(15)5-7/h1-2,5,17H,3-4,6,15H2,(H,18,19). The van der Waals surface area contributed by atoms with Crippen LogP contribution in [-0.2, 0) is 0 Å². The minimum atomic E-state index is -4.44. The zero-order valence-corrected chi connectivity index (χ0v) is 9.81. The number of benzene rings is 1. The van der Waals surface area contributed by atoms with E-state index >= 15 is 0 Å². The quantitative estimate of drug-likeness (QED) is 0.707. The van der Waals surface area contributed by atoms with Crippen LogP contribution in [0.15, 0.2) is 18.2 Å². The molecular weight excluding hydrogens is 265 g/mol. The minimum Gasteiger partial charge on any atom is -0.478 e. The molecule has 0 aliphatic heterocycles. The van der Waals surface area contributed by atoms with Gasteiger partial charge >= 0.3 is 12.1 Å². The lowest BCUT2D eigenvalue weighted by atomic mass is 10.1. The lowest BCUT2D eigenvalue weighted by Crippen LogP contribution is -2.36. The van der Waals surface area contributed by atoms with Crippen molar-refractivity contribution in [2.75, 3.05) is 30.3 Å². The minimum absolute atomic E-state index is 0.105. The van der Waals surface area contributed by atoms with E-state index in [-0.39, 0.29) is 23.5 Å². The van der Waals surface area contributed by atoms with Gasteiger partial charge in [0, 0.05) is 17.9 Å². The Morgan fingerprint density at radius 3 is 2.42 bits per heavy atom. The number of nitrogens with zero attached hydrogens (tertiary/aromatic N) is 1. The first kappa shape index (κ1) is 15.1. The number of alkyl halides is 3. The molecule has 8 heteroatoms. The van der Waals surface area contributed by atoms with Crippen molar-refractivity contribution in [2.45, 2.75) is 6.18 Å². The Labute approximate surface area is 107 Å². The van der Waals surface area contributed by atoms with E-state index in [1.165, 1.54) is 6.07 Å². The Bertz CT molecular complexity index is 463. The van der Waals surface area contributed by atoms with Gasteiger partial charge in [-0.3, -0.25) is 0 Å². The van der Waals surface area contributed by atoms with Gasteiger partial charge in [-0.1, -0.05) is 0 Å². The number of halogens is 3. The average Bonchev–Trinajstić information content (AvgIpc) is 2.26. The predicted octanol–water partition coefficient (Wildman–Crippen LogP) is 1.33. The third-order valence-electron chi connectivity index (χ3n) is 2.37. The third-order valence-corrected chi connectivity index (χ3v) is 2.37. The molecule has 0 heterocycles. The van der Waals surface area contributed by atoms with Crippen LogP contribution < -0.4 is 10.6 Å². The number of nitrogen functional groups attached to an aromatic ring is 1. The molecule has 0 saturated carbocycles. The molecule has 19 heavy (non-hydrogen) atoms. The van der Waals surface area contributed by atoms with Gasteiger partial charge in [-0.05, 0) is 18.2 Å². The number of hydrogen-bond acceptors (Lipinski definition) is 4. The molecule has 0 bridgehead atoms. The van der Waals surface area contributed by atoms with E-state index in [1.54, 1.807) is 0 Å². The fourth-order valence-electron chi connectivity index (χ4n) is 1.58. The number of aromatic carboxylic acids is 1. The Morgan fingerprint density at radius 1 is 1.37 bits per heavy atom. The first-order valence-corrected chi connectivity index (χ1v) is 5.30. The summed E-state index contributed by atoms with van der Waals surface area (Å²) in [6.45, 7) is -1.94. The number of carbonyl (C=O) groups is 1. The molecule has 0 amide bonds. The maximum absolute atomic E-state index is 12.4. The number of carboxylic acid groups (broad SMARTS) is 1. The largest absolute Gasteiger partial charge is 0.478 e. The highest BCUT2D eigenvalue weighted by molar-refractivity contribution is 5.94. The van der Waals surface area contributed by atoms with Crippen LogP contribution in [0.3, 0.4) is 0 Å². The van der Waals surface area contributed by atoms with E-state index in [1.807, 2.05) is 0 Å². The van der Waals surface area contributed by atoms with Crippen LogP contribution in [0.5, 0.6) is 0 Å². The van der Waals surface area contributed by atoms with Crippen LogP contribution in [0.4, 0.5) is 24.5 Å². The van der Waals surface area contributed by atoms with Gasteiger partial charge in [0.25, 0.3) is 0 Å². The Morgan fingerprint density at radius 2 is 2.00 bits per heavy atom. The number of nitrogens with two attached hydrogens (primary N) is 1. The number of hydrogen-bond donors (Lipinski definition) is 3. The zero-order valence-electron chi connectivity index (χ0n) is 9.81. The van der Waals surface area contributed by atoms with Gasteiger partial charge in [0.15, 0.2) is 0 Å². The number of rotatable bonds is 5. The summed E-state index contributed by atoms with van der Waals surface area (Å²) < 4.78 is 37.1. The predicted molar refractivity (Wildman–Crippen MR) is 63.2 cm³/mol. The molecule has 1 aromatic carbocycles. The van der Waals surface area contributed by atoms with Crippen molar-refractivity contribution >= 4 is 17.3 Å². The Kier molecular flexibility index (Phi) is 4.60. The molecule has 5 nitrogen and oxygen atoms in total. The van der Waals surface area contributed by atoms with Crippen molar-refractivity contribution in [3.8, 4) is 0 Å². The van der Waals surface area contributed by atoms with E-state index in [0.29, 0.717) is 0 Å². The van der Waals surface area contributed by atoms with Crippen molar-refractivity contribution in [3.63, 3.8) is 0 Å². The first-order chi connectivity index (χ1) is 8.74. The molecule has 0 spiro atoms. The maximum Gasteiger partial charge on any atom is 0.405 e. The molecule has 1 aromatic rings. The molecule has 0 saturated heterocycles. The topological polar surface area (TPSA) is 86.8 Å². The molecule has 4 N–H and O–H groups in total. The summed E-state index contributed by atoms with van der Waals surface area (Å²) in [6.07, 6.45) is -4.44. The smallest absolute Gasteiger partial charge is 0.405 e. The van der Waals surface area contributed by atoms with E-state index in [4.69, 9.17) is 15.9 Å². The molecule has 0 aliphatic rings. The van der Waals surface area contributed by atoms with E-state index in [2.05, 4.69) is 0 Å². The summed E-state index contributed by atoms with van der Waals surface area (Å²) in [5, 5.41) is 17.5.